The standard InChI is InChI=1S/C23H27NO4/c1-2-26-19-6-3-5-17(13-19)21-14-22(21)24-23(25)16-8-10-18(11-9-16)28-15-20-7-4-12-27-20/h3,5-6,8-11,13,20-22H,2,4,7,12,14-15H2,1H3,(H,24,25)/t20-,21+,22-/m1/s1. The molecule has 2 aromatic carbocycles. The van der Waals surface area contributed by atoms with Gasteiger partial charge in [0.2, 0.25) is 0 Å². The van der Waals surface area contributed by atoms with Crippen LogP contribution in [0.2, 0.25) is 0 Å². The molecule has 4 rings (SSSR count). The summed E-state index contributed by atoms with van der Waals surface area (Å²) in [6.07, 6.45) is 3.31. The normalized spacial score (nSPS) is 23.2. The molecule has 1 N–H and O–H groups in total. The lowest BCUT2D eigenvalue weighted by Gasteiger charge is -2.12. The molecule has 1 saturated carbocycles. The summed E-state index contributed by atoms with van der Waals surface area (Å²) < 4.78 is 16.9. The van der Waals surface area contributed by atoms with Gasteiger partial charge in [-0.05, 0) is 68.1 Å². The highest BCUT2D eigenvalue weighted by Crippen LogP contribution is 2.41. The van der Waals surface area contributed by atoms with Crippen molar-refractivity contribution in [3.05, 3.63) is 59.7 Å². The second-order valence-corrected chi connectivity index (χ2v) is 7.40. The zero-order valence-electron chi connectivity index (χ0n) is 16.2. The van der Waals surface area contributed by atoms with Gasteiger partial charge in [-0.2, -0.15) is 0 Å². The van der Waals surface area contributed by atoms with Crippen LogP contribution in [-0.4, -0.2) is 37.9 Å². The minimum absolute atomic E-state index is 0.0425. The number of benzene rings is 2. The van der Waals surface area contributed by atoms with Crippen LogP contribution in [0.4, 0.5) is 0 Å². The van der Waals surface area contributed by atoms with E-state index in [2.05, 4.69) is 17.4 Å². The monoisotopic (exact) mass is 381 g/mol. The Kier molecular flexibility index (Phi) is 5.81. The maximum absolute atomic E-state index is 12.5. The maximum atomic E-state index is 12.5. The van der Waals surface area contributed by atoms with Crippen LogP contribution in [0.15, 0.2) is 48.5 Å². The molecule has 1 aliphatic carbocycles. The molecule has 2 aromatic rings. The number of ether oxygens (including phenoxy) is 3. The first-order valence-corrected chi connectivity index (χ1v) is 10.1. The molecule has 2 fully saturated rings. The summed E-state index contributed by atoms with van der Waals surface area (Å²) in [7, 11) is 0. The molecule has 0 spiro atoms. The summed E-state index contributed by atoms with van der Waals surface area (Å²) >= 11 is 0. The van der Waals surface area contributed by atoms with E-state index in [0.717, 1.165) is 37.4 Å². The molecule has 148 valence electrons. The maximum Gasteiger partial charge on any atom is 0.251 e. The molecular formula is C23H27NO4. The van der Waals surface area contributed by atoms with E-state index in [1.807, 2.05) is 43.3 Å². The fourth-order valence-electron chi connectivity index (χ4n) is 3.64. The number of hydrogen-bond acceptors (Lipinski definition) is 4. The van der Waals surface area contributed by atoms with Crippen molar-refractivity contribution in [2.75, 3.05) is 19.8 Å². The largest absolute Gasteiger partial charge is 0.494 e. The van der Waals surface area contributed by atoms with Crippen molar-refractivity contribution in [3.8, 4) is 11.5 Å². The van der Waals surface area contributed by atoms with Crippen molar-refractivity contribution in [3.63, 3.8) is 0 Å². The van der Waals surface area contributed by atoms with Gasteiger partial charge in [0, 0.05) is 24.1 Å². The summed E-state index contributed by atoms with van der Waals surface area (Å²) in [5.41, 5.74) is 1.87. The van der Waals surface area contributed by atoms with Crippen LogP contribution >= 0.6 is 0 Å². The zero-order chi connectivity index (χ0) is 19.3. The summed E-state index contributed by atoms with van der Waals surface area (Å²) in [6, 6.07) is 15.6. The first-order valence-electron chi connectivity index (χ1n) is 10.1. The van der Waals surface area contributed by atoms with Crippen molar-refractivity contribution in [1.82, 2.24) is 5.32 Å². The van der Waals surface area contributed by atoms with Gasteiger partial charge < -0.3 is 19.5 Å². The Morgan fingerprint density at radius 3 is 2.75 bits per heavy atom. The third-order valence-corrected chi connectivity index (χ3v) is 5.28. The Balaban J connectivity index is 1.27. The Hall–Kier alpha value is -2.53. The van der Waals surface area contributed by atoms with E-state index in [1.165, 1.54) is 5.56 Å². The molecule has 0 bridgehead atoms. The highest BCUT2D eigenvalue weighted by Gasteiger charge is 2.39. The van der Waals surface area contributed by atoms with E-state index in [4.69, 9.17) is 14.2 Å². The van der Waals surface area contributed by atoms with E-state index in [-0.39, 0.29) is 18.1 Å². The fraction of sp³-hybridized carbons (Fsp3) is 0.435. The van der Waals surface area contributed by atoms with Gasteiger partial charge in [-0.1, -0.05) is 12.1 Å². The second-order valence-electron chi connectivity index (χ2n) is 7.40. The Morgan fingerprint density at radius 2 is 2.00 bits per heavy atom. The molecule has 1 saturated heterocycles. The number of carbonyl (C=O) groups is 1. The average molecular weight is 381 g/mol. The number of rotatable bonds is 8. The van der Waals surface area contributed by atoms with E-state index in [1.54, 1.807) is 0 Å². The minimum atomic E-state index is -0.0425. The van der Waals surface area contributed by atoms with Gasteiger partial charge in [-0.3, -0.25) is 4.79 Å². The molecule has 0 aromatic heterocycles. The highest BCUT2D eigenvalue weighted by atomic mass is 16.5. The summed E-state index contributed by atoms with van der Waals surface area (Å²) in [6.45, 7) is 4.02. The molecule has 2 aliphatic rings. The van der Waals surface area contributed by atoms with Crippen LogP contribution in [0.1, 0.15) is 48.0 Å². The second kappa shape index (κ2) is 8.65. The Morgan fingerprint density at radius 1 is 1.14 bits per heavy atom. The highest BCUT2D eigenvalue weighted by molar-refractivity contribution is 5.94. The molecule has 1 amide bonds. The number of nitrogens with one attached hydrogen (secondary N) is 1. The molecule has 28 heavy (non-hydrogen) atoms. The number of amides is 1. The summed E-state index contributed by atoms with van der Waals surface area (Å²) in [5.74, 6) is 1.97. The molecule has 1 aliphatic heterocycles. The van der Waals surface area contributed by atoms with Crippen molar-refractivity contribution < 1.29 is 19.0 Å². The molecule has 0 radical (unpaired) electrons. The van der Waals surface area contributed by atoms with Gasteiger partial charge in [-0.25, -0.2) is 0 Å². The molecule has 5 nitrogen and oxygen atoms in total. The van der Waals surface area contributed by atoms with Crippen LogP contribution < -0.4 is 14.8 Å². The van der Waals surface area contributed by atoms with Crippen LogP contribution in [0.25, 0.3) is 0 Å². The minimum Gasteiger partial charge on any atom is -0.494 e. The van der Waals surface area contributed by atoms with E-state index < -0.39 is 0 Å². The van der Waals surface area contributed by atoms with E-state index >= 15 is 0 Å². The van der Waals surface area contributed by atoms with Gasteiger partial charge in [0.25, 0.3) is 5.91 Å². The lowest BCUT2D eigenvalue weighted by molar-refractivity contribution is 0.0679. The summed E-state index contributed by atoms with van der Waals surface area (Å²) in [4.78, 5) is 12.5. The van der Waals surface area contributed by atoms with Crippen LogP contribution in [0.3, 0.4) is 0 Å². The van der Waals surface area contributed by atoms with E-state index in [0.29, 0.717) is 24.7 Å². The molecule has 5 heteroatoms. The van der Waals surface area contributed by atoms with Crippen molar-refractivity contribution in [2.24, 2.45) is 0 Å². The molecule has 3 atom stereocenters. The lowest BCUT2D eigenvalue weighted by atomic mass is 10.1. The van der Waals surface area contributed by atoms with Gasteiger partial charge >= 0.3 is 0 Å². The first-order chi connectivity index (χ1) is 13.7. The van der Waals surface area contributed by atoms with Gasteiger partial charge in [0.15, 0.2) is 0 Å². The van der Waals surface area contributed by atoms with Gasteiger partial charge in [-0.15, -0.1) is 0 Å². The molecule has 0 unspecified atom stereocenters. The third kappa shape index (κ3) is 4.65. The SMILES string of the molecule is CCOc1cccc([C@@H]2C[C@H]2NC(=O)c2ccc(OC[C@H]3CCCO3)cc2)c1. The summed E-state index contributed by atoms with van der Waals surface area (Å²) in [5, 5.41) is 3.13. The zero-order valence-corrected chi connectivity index (χ0v) is 16.2. The molecule has 1 heterocycles. The lowest BCUT2D eigenvalue weighted by Crippen LogP contribution is -2.26. The molecular weight excluding hydrogens is 354 g/mol. The fourth-order valence-corrected chi connectivity index (χ4v) is 3.64. The van der Waals surface area contributed by atoms with E-state index in [9.17, 15) is 4.79 Å². The third-order valence-electron chi connectivity index (χ3n) is 5.28. The quantitative estimate of drug-likeness (QED) is 0.753. The van der Waals surface area contributed by atoms with Gasteiger partial charge in [0.1, 0.15) is 18.1 Å². The van der Waals surface area contributed by atoms with Crippen molar-refractivity contribution >= 4 is 5.91 Å². The predicted octanol–water partition coefficient (Wildman–Crippen LogP) is 3.93. The topological polar surface area (TPSA) is 56.8 Å². The first kappa shape index (κ1) is 18.8. The smallest absolute Gasteiger partial charge is 0.251 e. The number of carbonyl (C=O) groups excluding carboxylic acids is 1. The van der Waals surface area contributed by atoms with Crippen LogP contribution in [0, 0.1) is 0 Å². The van der Waals surface area contributed by atoms with Crippen molar-refractivity contribution in [1.29, 1.82) is 0 Å². The van der Waals surface area contributed by atoms with Gasteiger partial charge in [0.05, 0.1) is 12.7 Å². The van der Waals surface area contributed by atoms with Crippen LogP contribution in [-0.2, 0) is 4.74 Å². The van der Waals surface area contributed by atoms with Crippen molar-refractivity contribution in [2.45, 2.75) is 44.2 Å². The average Bonchev–Trinajstić information content (AvgIpc) is 3.28. The Bertz CT molecular complexity index is 799. The predicted molar refractivity (Wildman–Crippen MR) is 107 cm³/mol. The Labute approximate surface area is 166 Å². The van der Waals surface area contributed by atoms with Crippen LogP contribution in [0.5, 0.6) is 11.5 Å². The number of hydrogen-bond donors (Lipinski definition) is 1.